The molecule has 0 saturated carbocycles. The van der Waals surface area contributed by atoms with Crippen molar-refractivity contribution in [1.82, 2.24) is 4.37 Å². The summed E-state index contributed by atoms with van der Waals surface area (Å²) in [7, 11) is 0. The van der Waals surface area contributed by atoms with Crippen LogP contribution in [-0.2, 0) is 5.41 Å². The second-order valence-electron chi connectivity index (χ2n) is 6.00. The van der Waals surface area contributed by atoms with Crippen LogP contribution in [0, 0.1) is 27.7 Å². The van der Waals surface area contributed by atoms with E-state index in [4.69, 9.17) is 4.37 Å². The molecule has 0 N–H and O–H groups in total. The van der Waals surface area contributed by atoms with Gasteiger partial charge in [-0.25, -0.2) is 0 Å². The molecule has 0 aliphatic heterocycles. The van der Waals surface area contributed by atoms with E-state index >= 15 is 0 Å². The van der Waals surface area contributed by atoms with E-state index in [-0.39, 0.29) is 5.41 Å². The van der Waals surface area contributed by atoms with E-state index in [9.17, 15) is 0 Å². The molecule has 0 aliphatic rings. The van der Waals surface area contributed by atoms with Gasteiger partial charge in [0.15, 0.2) is 0 Å². The number of rotatable bonds is 3. The van der Waals surface area contributed by atoms with Gasteiger partial charge in [0.25, 0.3) is 0 Å². The quantitative estimate of drug-likeness (QED) is 0.709. The fraction of sp³-hybridized carbons (Fsp3) is 0.588. The molecule has 0 atom stereocenters. The first kappa shape index (κ1) is 14.5. The highest BCUT2D eigenvalue weighted by Gasteiger charge is 2.29. The molecular weight excluding hydrogens is 250 g/mol. The number of benzene rings is 1. The van der Waals surface area contributed by atoms with Crippen LogP contribution in [0.15, 0.2) is 0 Å². The van der Waals surface area contributed by atoms with Crippen LogP contribution in [0.25, 0.3) is 10.9 Å². The monoisotopic (exact) mass is 275 g/mol. The van der Waals surface area contributed by atoms with Crippen molar-refractivity contribution in [3.8, 4) is 0 Å². The normalized spacial score (nSPS) is 12.4. The zero-order valence-corrected chi connectivity index (χ0v) is 14.1. The number of fused-ring (bicyclic) bond motifs is 1. The van der Waals surface area contributed by atoms with Crippen LogP contribution >= 0.6 is 11.5 Å². The van der Waals surface area contributed by atoms with Gasteiger partial charge >= 0.3 is 0 Å². The molecule has 0 saturated heterocycles. The predicted molar refractivity (Wildman–Crippen MR) is 86.5 cm³/mol. The Balaban J connectivity index is 2.88. The van der Waals surface area contributed by atoms with Crippen molar-refractivity contribution in [1.29, 1.82) is 0 Å². The first-order valence-electron chi connectivity index (χ1n) is 7.23. The van der Waals surface area contributed by atoms with Crippen LogP contribution in [0.2, 0.25) is 0 Å². The lowest BCUT2D eigenvalue weighted by Crippen LogP contribution is -2.18. The Morgan fingerprint density at radius 1 is 0.895 bits per heavy atom. The van der Waals surface area contributed by atoms with Crippen LogP contribution in [-0.4, -0.2) is 4.37 Å². The Bertz CT molecular complexity index is 618. The zero-order chi connectivity index (χ0) is 14.4. The minimum absolute atomic E-state index is 0.262. The molecule has 2 heteroatoms. The Labute approximate surface area is 121 Å². The van der Waals surface area contributed by atoms with Crippen molar-refractivity contribution in [2.24, 2.45) is 0 Å². The van der Waals surface area contributed by atoms with Crippen molar-refractivity contribution >= 4 is 22.4 Å². The largest absolute Gasteiger partial charge is 0.192 e. The van der Waals surface area contributed by atoms with Gasteiger partial charge in [-0.2, -0.15) is 4.37 Å². The molecule has 0 unspecified atom stereocenters. The van der Waals surface area contributed by atoms with Crippen molar-refractivity contribution in [2.45, 2.75) is 66.7 Å². The average Bonchev–Trinajstić information content (AvgIpc) is 2.87. The van der Waals surface area contributed by atoms with E-state index in [2.05, 4.69) is 48.5 Å². The summed E-state index contributed by atoms with van der Waals surface area (Å²) in [4.78, 5) is 1.48. The summed E-state index contributed by atoms with van der Waals surface area (Å²) in [6.07, 6.45) is 2.35. The molecular formula is C17H25NS. The number of nitrogens with zero attached hydrogens (tertiary/aromatic N) is 1. The second-order valence-corrected chi connectivity index (χ2v) is 6.78. The van der Waals surface area contributed by atoms with Gasteiger partial charge in [0.05, 0.1) is 5.52 Å². The lowest BCUT2D eigenvalue weighted by molar-refractivity contribution is 0.451. The van der Waals surface area contributed by atoms with Crippen LogP contribution in [0.4, 0.5) is 0 Å². The summed E-state index contributed by atoms with van der Waals surface area (Å²) in [5.74, 6) is 0. The molecule has 0 fully saturated rings. The highest BCUT2D eigenvalue weighted by Crippen LogP contribution is 2.42. The number of hydrogen-bond donors (Lipinski definition) is 0. The SMILES string of the molecule is CCC(C)(CC)c1snc2c(C)c(C)c(C)c(C)c12. The molecule has 19 heavy (non-hydrogen) atoms. The molecule has 1 heterocycles. The van der Waals surface area contributed by atoms with Gasteiger partial charge in [0.1, 0.15) is 0 Å². The summed E-state index contributed by atoms with van der Waals surface area (Å²) in [6.45, 7) is 15.9. The average molecular weight is 275 g/mol. The highest BCUT2D eigenvalue weighted by molar-refractivity contribution is 7.07. The standard InChI is InChI=1S/C17H25NS/c1-8-17(7,9-2)16-14-12(5)10(3)11(4)13(6)15(14)18-19-16/h8-9H2,1-7H3. The van der Waals surface area contributed by atoms with Gasteiger partial charge in [-0.05, 0) is 74.3 Å². The van der Waals surface area contributed by atoms with E-state index in [0.717, 1.165) is 0 Å². The van der Waals surface area contributed by atoms with Crippen LogP contribution < -0.4 is 0 Å². The van der Waals surface area contributed by atoms with Crippen molar-refractivity contribution in [3.63, 3.8) is 0 Å². The summed E-state index contributed by atoms with van der Waals surface area (Å²) in [5.41, 5.74) is 7.11. The number of hydrogen-bond acceptors (Lipinski definition) is 2. The maximum Gasteiger partial charge on any atom is 0.0878 e. The zero-order valence-electron chi connectivity index (χ0n) is 13.3. The van der Waals surface area contributed by atoms with E-state index in [0.29, 0.717) is 0 Å². The molecule has 0 amide bonds. The Morgan fingerprint density at radius 2 is 1.42 bits per heavy atom. The maximum absolute atomic E-state index is 4.78. The minimum atomic E-state index is 0.262. The molecule has 104 valence electrons. The topological polar surface area (TPSA) is 12.9 Å². The molecule has 0 aliphatic carbocycles. The summed E-state index contributed by atoms with van der Waals surface area (Å²) in [5, 5.41) is 1.43. The smallest absolute Gasteiger partial charge is 0.0878 e. The highest BCUT2D eigenvalue weighted by atomic mass is 32.1. The van der Waals surface area contributed by atoms with Crippen LogP contribution in [0.3, 0.4) is 0 Å². The van der Waals surface area contributed by atoms with Crippen LogP contribution in [0.1, 0.15) is 60.7 Å². The van der Waals surface area contributed by atoms with Gasteiger partial charge in [-0.15, -0.1) is 0 Å². The van der Waals surface area contributed by atoms with Gasteiger partial charge in [-0.1, -0.05) is 20.8 Å². The Morgan fingerprint density at radius 3 is 1.95 bits per heavy atom. The molecule has 1 aromatic carbocycles. The Hall–Kier alpha value is -0.890. The summed E-state index contributed by atoms with van der Waals surface area (Å²) >= 11 is 1.71. The van der Waals surface area contributed by atoms with E-state index < -0.39 is 0 Å². The molecule has 0 spiro atoms. The van der Waals surface area contributed by atoms with Crippen LogP contribution in [0.5, 0.6) is 0 Å². The van der Waals surface area contributed by atoms with E-state index in [1.807, 2.05) is 0 Å². The third kappa shape index (κ3) is 2.01. The van der Waals surface area contributed by atoms with Crippen molar-refractivity contribution in [3.05, 3.63) is 27.1 Å². The van der Waals surface area contributed by atoms with Crippen molar-refractivity contribution < 1.29 is 0 Å². The lowest BCUT2D eigenvalue weighted by atomic mass is 9.80. The molecule has 0 bridgehead atoms. The molecule has 1 nitrogen and oxygen atoms in total. The number of aryl methyl sites for hydroxylation is 2. The summed E-state index contributed by atoms with van der Waals surface area (Å²) in [6, 6.07) is 0. The third-order valence-electron chi connectivity index (χ3n) is 5.22. The fourth-order valence-corrected chi connectivity index (χ4v) is 4.07. The van der Waals surface area contributed by atoms with E-state index in [1.54, 1.807) is 11.5 Å². The molecule has 2 rings (SSSR count). The molecule has 2 aromatic rings. The van der Waals surface area contributed by atoms with Gasteiger partial charge in [0, 0.05) is 15.7 Å². The van der Waals surface area contributed by atoms with Gasteiger partial charge in [0.2, 0.25) is 0 Å². The minimum Gasteiger partial charge on any atom is -0.192 e. The van der Waals surface area contributed by atoms with E-state index in [1.165, 1.54) is 50.9 Å². The Kier molecular flexibility index (Phi) is 3.74. The summed E-state index contributed by atoms with van der Waals surface area (Å²) < 4.78 is 4.78. The first-order chi connectivity index (χ1) is 8.87. The van der Waals surface area contributed by atoms with Gasteiger partial charge in [-0.3, -0.25) is 0 Å². The molecule has 1 aromatic heterocycles. The molecule has 0 radical (unpaired) electrons. The fourth-order valence-electron chi connectivity index (χ4n) is 2.80. The van der Waals surface area contributed by atoms with Gasteiger partial charge < -0.3 is 0 Å². The predicted octanol–water partition coefficient (Wildman–Crippen LogP) is 5.61. The number of aromatic nitrogens is 1. The van der Waals surface area contributed by atoms with Crippen molar-refractivity contribution in [2.75, 3.05) is 0 Å². The second kappa shape index (κ2) is 4.90. The third-order valence-corrected chi connectivity index (χ3v) is 6.37. The maximum atomic E-state index is 4.78. The first-order valence-corrected chi connectivity index (χ1v) is 8.01. The lowest BCUT2D eigenvalue weighted by Gasteiger charge is -2.26.